The third-order valence-corrected chi connectivity index (χ3v) is 8.29. The van der Waals surface area contributed by atoms with Crippen molar-refractivity contribution in [3.05, 3.63) is 60.0 Å². The molecule has 1 saturated carbocycles. The van der Waals surface area contributed by atoms with E-state index < -0.39 is 6.04 Å². The first kappa shape index (κ1) is 26.3. The van der Waals surface area contributed by atoms with Gasteiger partial charge in [0, 0.05) is 12.1 Å². The Balaban J connectivity index is 1.43. The highest BCUT2D eigenvalue weighted by atomic mass is 16.2. The van der Waals surface area contributed by atoms with Gasteiger partial charge in [-0.2, -0.15) is 0 Å². The Morgan fingerprint density at radius 2 is 1.71 bits per heavy atom. The van der Waals surface area contributed by atoms with Crippen molar-refractivity contribution in [2.75, 3.05) is 13.6 Å². The van der Waals surface area contributed by atoms with Gasteiger partial charge in [0.15, 0.2) is 0 Å². The number of rotatable bonds is 7. The summed E-state index contributed by atoms with van der Waals surface area (Å²) >= 11 is 0. The minimum absolute atomic E-state index is 0.0274. The van der Waals surface area contributed by atoms with Crippen molar-refractivity contribution in [1.82, 2.24) is 25.5 Å². The summed E-state index contributed by atoms with van der Waals surface area (Å²) in [5.41, 5.74) is 2.79. The Hall–Kier alpha value is -3.32. The molecular weight excluding hydrogens is 474 g/mol. The van der Waals surface area contributed by atoms with E-state index in [1.807, 2.05) is 36.9 Å². The average molecular weight is 514 g/mol. The van der Waals surface area contributed by atoms with Crippen molar-refractivity contribution in [3.8, 4) is 11.3 Å². The molecular formula is C31H39N5O2. The average Bonchev–Trinajstić information content (AvgIpc) is 3.45. The molecule has 0 spiro atoms. The zero-order valence-corrected chi connectivity index (χ0v) is 22.7. The highest BCUT2D eigenvalue weighted by Crippen LogP contribution is 2.36. The maximum atomic E-state index is 14.1. The molecule has 0 bridgehead atoms. The molecule has 3 aromatic rings. The maximum absolute atomic E-state index is 14.1. The monoisotopic (exact) mass is 513 g/mol. The van der Waals surface area contributed by atoms with E-state index in [9.17, 15) is 9.59 Å². The van der Waals surface area contributed by atoms with E-state index in [2.05, 4.69) is 41.0 Å². The van der Waals surface area contributed by atoms with Gasteiger partial charge in [-0.1, -0.05) is 55.7 Å². The third-order valence-electron chi connectivity index (χ3n) is 8.29. The number of carbonyl (C=O) groups excluding carboxylic acids is 2. The fraction of sp³-hybridized carbons (Fsp3) is 0.484. The number of aryl methyl sites for hydroxylation is 1. The number of nitrogens with one attached hydrogen (secondary N) is 2. The van der Waals surface area contributed by atoms with Crippen LogP contribution in [0.25, 0.3) is 22.0 Å². The molecule has 2 aromatic carbocycles. The lowest BCUT2D eigenvalue weighted by atomic mass is 9.83. The van der Waals surface area contributed by atoms with Crippen molar-refractivity contribution in [1.29, 1.82) is 0 Å². The molecule has 1 aliphatic carbocycles. The van der Waals surface area contributed by atoms with Crippen LogP contribution in [0.15, 0.2) is 48.5 Å². The standard InChI is InChI=1S/C31H39N5O2/c1-20(32-3)30(37)35-29(23-11-5-4-6-12-23)31(38)36-17-9-14-28(36)27-19-26(33-21(2)34-27)25-16-15-22-10-7-8-13-24(22)18-25/h7-8,10,13,15-16,18-20,23,28-29,32H,4-6,9,11-12,14,17H2,1-3H3,(H,35,37)/t20?,28?,29-/m0/s1. The number of aromatic nitrogens is 2. The molecule has 2 unspecified atom stereocenters. The van der Waals surface area contributed by atoms with Gasteiger partial charge in [0.05, 0.1) is 23.5 Å². The van der Waals surface area contributed by atoms with Crippen molar-refractivity contribution < 1.29 is 9.59 Å². The topological polar surface area (TPSA) is 87.2 Å². The van der Waals surface area contributed by atoms with Gasteiger partial charge in [0.2, 0.25) is 11.8 Å². The molecule has 7 nitrogen and oxygen atoms in total. The molecule has 3 atom stereocenters. The van der Waals surface area contributed by atoms with Crippen LogP contribution in [0.2, 0.25) is 0 Å². The minimum atomic E-state index is -0.498. The SMILES string of the molecule is CNC(C)C(=O)N[C@H](C(=O)N1CCCC1c1cc(-c2ccc3ccccc3c2)nc(C)n1)C1CCCCC1. The fourth-order valence-corrected chi connectivity index (χ4v) is 6.03. The number of likely N-dealkylation sites (tertiary alicyclic amines) is 1. The number of fused-ring (bicyclic) bond motifs is 1. The van der Waals surface area contributed by atoms with Gasteiger partial charge in [-0.3, -0.25) is 9.59 Å². The molecule has 1 aromatic heterocycles. The molecule has 2 aliphatic rings. The van der Waals surface area contributed by atoms with E-state index in [0.717, 1.165) is 55.5 Å². The molecule has 2 amide bonds. The van der Waals surface area contributed by atoms with E-state index in [1.165, 1.54) is 17.2 Å². The fourth-order valence-electron chi connectivity index (χ4n) is 6.03. The summed E-state index contributed by atoms with van der Waals surface area (Å²) in [6.07, 6.45) is 7.14. The molecule has 200 valence electrons. The van der Waals surface area contributed by atoms with Gasteiger partial charge in [-0.15, -0.1) is 0 Å². The van der Waals surface area contributed by atoms with Crippen LogP contribution in [0.4, 0.5) is 0 Å². The van der Waals surface area contributed by atoms with Crippen LogP contribution < -0.4 is 10.6 Å². The summed E-state index contributed by atoms with van der Waals surface area (Å²) in [6, 6.07) is 15.8. The van der Waals surface area contributed by atoms with Crippen molar-refractivity contribution in [3.63, 3.8) is 0 Å². The van der Waals surface area contributed by atoms with Crippen molar-refractivity contribution >= 4 is 22.6 Å². The smallest absolute Gasteiger partial charge is 0.246 e. The predicted octanol–water partition coefficient (Wildman–Crippen LogP) is 4.94. The van der Waals surface area contributed by atoms with Crippen LogP contribution in [-0.2, 0) is 9.59 Å². The number of hydrogen-bond donors (Lipinski definition) is 2. The number of hydrogen-bond acceptors (Lipinski definition) is 5. The van der Waals surface area contributed by atoms with E-state index >= 15 is 0 Å². The maximum Gasteiger partial charge on any atom is 0.246 e. The van der Waals surface area contributed by atoms with E-state index in [0.29, 0.717) is 12.4 Å². The second-order valence-electron chi connectivity index (χ2n) is 10.9. The Kier molecular flexibility index (Phi) is 8.03. The molecule has 38 heavy (non-hydrogen) atoms. The summed E-state index contributed by atoms with van der Waals surface area (Å²) in [6.45, 7) is 4.42. The molecule has 2 fully saturated rings. The van der Waals surface area contributed by atoms with Crippen molar-refractivity contribution in [2.45, 2.75) is 76.9 Å². The van der Waals surface area contributed by atoms with E-state index in [4.69, 9.17) is 9.97 Å². The number of carbonyl (C=O) groups is 2. The van der Waals surface area contributed by atoms with Gasteiger partial charge in [0.1, 0.15) is 11.9 Å². The molecule has 5 rings (SSSR count). The Labute approximate surface area is 225 Å². The summed E-state index contributed by atoms with van der Waals surface area (Å²) in [7, 11) is 1.77. The lowest BCUT2D eigenvalue weighted by Crippen LogP contribution is -2.55. The molecule has 7 heteroatoms. The zero-order valence-electron chi connectivity index (χ0n) is 22.7. The highest BCUT2D eigenvalue weighted by molar-refractivity contribution is 5.90. The third kappa shape index (κ3) is 5.58. The number of nitrogens with zero attached hydrogens (tertiary/aromatic N) is 3. The Bertz CT molecular complexity index is 1300. The molecule has 1 aliphatic heterocycles. The molecule has 0 radical (unpaired) electrons. The summed E-state index contributed by atoms with van der Waals surface area (Å²) in [5.74, 6) is 0.777. The second kappa shape index (κ2) is 11.6. The lowest BCUT2D eigenvalue weighted by Gasteiger charge is -2.35. The highest BCUT2D eigenvalue weighted by Gasteiger charge is 2.39. The summed E-state index contributed by atoms with van der Waals surface area (Å²) in [4.78, 5) is 38.5. The first-order valence-corrected chi connectivity index (χ1v) is 14.1. The second-order valence-corrected chi connectivity index (χ2v) is 10.9. The normalized spacial score (nSPS) is 19.9. The van der Waals surface area contributed by atoms with E-state index in [1.54, 1.807) is 7.05 Å². The molecule has 2 heterocycles. The number of likely N-dealkylation sites (N-methyl/N-ethyl adjacent to an activating group) is 1. The van der Waals surface area contributed by atoms with Crippen LogP contribution in [0.5, 0.6) is 0 Å². The van der Waals surface area contributed by atoms with Crippen LogP contribution in [0.1, 0.15) is 69.4 Å². The summed E-state index contributed by atoms with van der Waals surface area (Å²) < 4.78 is 0. The Morgan fingerprint density at radius 3 is 2.47 bits per heavy atom. The zero-order chi connectivity index (χ0) is 26.6. The van der Waals surface area contributed by atoms with Crippen LogP contribution >= 0.6 is 0 Å². The van der Waals surface area contributed by atoms with Gasteiger partial charge in [-0.25, -0.2) is 9.97 Å². The number of benzene rings is 2. The van der Waals surface area contributed by atoms with Gasteiger partial charge in [0.25, 0.3) is 0 Å². The van der Waals surface area contributed by atoms with Crippen LogP contribution in [-0.4, -0.2) is 52.4 Å². The predicted molar refractivity (Wildman–Crippen MR) is 150 cm³/mol. The minimum Gasteiger partial charge on any atom is -0.343 e. The summed E-state index contributed by atoms with van der Waals surface area (Å²) in [5, 5.41) is 8.49. The van der Waals surface area contributed by atoms with E-state index in [-0.39, 0.29) is 29.8 Å². The van der Waals surface area contributed by atoms with Gasteiger partial charge < -0.3 is 15.5 Å². The largest absolute Gasteiger partial charge is 0.343 e. The first-order chi connectivity index (χ1) is 18.4. The van der Waals surface area contributed by atoms with Gasteiger partial charge >= 0.3 is 0 Å². The van der Waals surface area contributed by atoms with Crippen molar-refractivity contribution in [2.24, 2.45) is 5.92 Å². The van der Waals surface area contributed by atoms with Crippen LogP contribution in [0.3, 0.4) is 0 Å². The number of amides is 2. The lowest BCUT2D eigenvalue weighted by molar-refractivity contribution is -0.139. The molecule has 2 N–H and O–H groups in total. The quantitative estimate of drug-likeness (QED) is 0.467. The molecule has 1 saturated heterocycles. The Morgan fingerprint density at radius 1 is 0.947 bits per heavy atom. The van der Waals surface area contributed by atoms with Gasteiger partial charge in [-0.05, 0) is 75.4 Å². The van der Waals surface area contributed by atoms with Crippen LogP contribution in [0, 0.1) is 12.8 Å². The first-order valence-electron chi connectivity index (χ1n) is 14.1.